The molecule has 3 nitrogen and oxygen atoms in total. The minimum atomic E-state index is -0.751. The second-order valence-electron chi connectivity index (χ2n) is 2.86. The van der Waals surface area contributed by atoms with Crippen molar-refractivity contribution in [3.05, 3.63) is 35.3 Å². The number of nitrogens with zero attached hydrogens (tertiary/aromatic N) is 1. The zero-order chi connectivity index (χ0) is 11.4. The monoisotopic (exact) mass is 206 g/mol. The number of hydrogen-bond donors (Lipinski definition) is 0. The molecule has 1 heterocycles. The molecule has 1 aliphatic rings. The highest BCUT2D eigenvalue weighted by molar-refractivity contribution is 6.25. The summed E-state index contributed by atoms with van der Waals surface area (Å²) in [5.41, 5.74) is -0.443. The maximum Gasteiger partial charge on any atom is 0.274 e. The molecule has 0 aliphatic carbocycles. The van der Waals surface area contributed by atoms with Gasteiger partial charge in [0.15, 0.2) is 12.0 Å². The van der Waals surface area contributed by atoms with E-state index in [0.717, 1.165) is 6.08 Å². The van der Waals surface area contributed by atoms with Gasteiger partial charge in [-0.25, -0.2) is 0 Å². The van der Waals surface area contributed by atoms with E-state index in [-0.39, 0.29) is 11.3 Å². The lowest BCUT2D eigenvalue weighted by atomic mass is 10.0. The number of carbonyl (C=O) groups is 2. The summed E-state index contributed by atoms with van der Waals surface area (Å²) in [4.78, 5) is 26.2. The van der Waals surface area contributed by atoms with Crippen molar-refractivity contribution in [3.8, 4) is 0 Å². The topological polar surface area (TPSA) is 46.5 Å². The van der Waals surface area contributed by atoms with Crippen molar-refractivity contribution in [1.29, 1.82) is 0 Å². The Morgan fingerprint density at radius 1 is 1.53 bits per heavy atom. The van der Waals surface area contributed by atoms with Crippen LogP contribution >= 0.6 is 0 Å². The van der Waals surface area contributed by atoms with Crippen molar-refractivity contribution in [2.45, 2.75) is 13.8 Å². The molecule has 0 amide bonds. The predicted molar refractivity (Wildman–Crippen MR) is 54.2 cm³/mol. The second kappa shape index (κ2) is 4.53. The molecule has 4 heteroatoms. The van der Waals surface area contributed by atoms with E-state index in [1.165, 1.54) is 19.1 Å². The lowest BCUT2D eigenvalue weighted by Gasteiger charge is -1.98. The number of carbonyl (C=O) groups excluding carboxylic acids is 2. The van der Waals surface area contributed by atoms with Crippen LogP contribution in [0.5, 0.6) is 0 Å². The van der Waals surface area contributed by atoms with Crippen LogP contribution in [0.15, 0.2) is 40.3 Å². The SMILES string of the molecule is C/C=C(\C(C)=O)C(=O)C1=C(F)C=C[C+]=N1. The average Bonchev–Trinajstić information content (AvgIpc) is 2.18. The minimum absolute atomic E-state index is 0.0685. The van der Waals surface area contributed by atoms with E-state index in [0.29, 0.717) is 0 Å². The number of ketones is 2. The van der Waals surface area contributed by atoms with E-state index >= 15 is 0 Å². The van der Waals surface area contributed by atoms with Gasteiger partial charge in [-0.2, -0.15) is 4.39 Å². The van der Waals surface area contributed by atoms with Crippen LogP contribution in [-0.4, -0.2) is 17.8 Å². The van der Waals surface area contributed by atoms with E-state index in [1.807, 2.05) is 0 Å². The fourth-order valence-corrected chi connectivity index (χ4v) is 1.13. The molecule has 0 saturated heterocycles. The maximum atomic E-state index is 13.2. The number of allylic oxidation sites excluding steroid dienone is 5. The molecule has 1 rings (SSSR count). The van der Waals surface area contributed by atoms with Crippen LogP contribution in [-0.2, 0) is 9.59 Å². The van der Waals surface area contributed by atoms with Gasteiger partial charge in [0.1, 0.15) is 6.08 Å². The maximum absolute atomic E-state index is 13.2. The third kappa shape index (κ3) is 2.30. The van der Waals surface area contributed by atoms with Crippen LogP contribution in [0.4, 0.5) is 4.39 Å². The van der Waals surface area contributed by atoms with Gasteiger partial charge in [0.25, 0.3) is 17.3 Å². The lowest BCUT2D eigenvalue weighted by Crippen LogP contribution is -2.13. The first-order valence-corrected chi connectivity index (χ1v) is 4.32. The zero-order valence-corrected chi connectivity index (χ0v) is 8.37. The molecule has 0 unspecified atom stereocenters. The summed E-state index contributed by atoms with van der Waals surface area (Å²) in [6, 6.07) is 0. The summed E-state index contributed by atoms with van der Waals surface area (Å²) in [6.07, 6.45) is 6.03. The highest BCUT2D eigenvalue weighted by Gasteiger charge is 2.28. The number of rotatable bonds is 3. The van der Waals surface area contributed by atoms with Crippen molar-refractivity contribution < 1.29 is 14.0 Å². The molecule has 0 spiro atoms. The molecule has 0 saturated carbocycles. The number of hydrogen-bond acceptors (Lipinski definition) is 3. The summed E-state index contributed by atoms with van der Waals surface area (Å²) < 4.78 is 13.2. The Bertz CT molecular complexity index is 428. The fourth-order valence-electron chi connectivity index (χ4n) is 1.13. The largest absolute Gasteiger partial charge is 0.294 e. The summed E-state index contributed by atoms with van der Waals surface area (Å²) in [7, 11) is 0. The van der Waals surface area contributed by atoms with Gasteiger partial charge in [-0.3, -0.25) is 9.59 Å². The average molecular weight is 206 g/mol. The molecular weight excluding hydrogens is 197 g/mol. The molecule has 0 aromatic rings. The fraction of sp³-hybridized carbons (Fsp3) is 0.182. The van der Waals surface area contributed by atoms with E-state index in [1.54, 1.807) is 6.92 Å². The van der Waals surface area contributed by atoms with Crippen LogP contribution in [0.3, 0.4) is 0 Å². The van der Waals surface area contributed by atoms with Gasteiger partial charge in [0.05, 0.1) is 11.6 Å². The molecule has 0 bridgehead atoms. The van der Waals surface area contributed by atoms with Gasteiger partial charge in [-0.1, -0.05) is 11.1 Å². The Labute approximate surface area is 86.7 Å². The Morgan fingerprint density at radius 3 is 2.67 bits per heavy atom. The molecule has 0 aromatic carbocycles. The summed E-state index contributed by atoms with van der Waals surface area (Å²) in [5, 5.41) is 0. The van der Waals surface area contributed by atoms with Gasteiger partial charge < -0.3 is 0 Å². The van der Waals surface area contributed by atoms with Crippen molar-refractivity contribution in [1.82, 2.24) is 0 Å². The molecule has 0 aromatic heterocycles. The van der Waals surface area contributed by atoms with E-state index < -0.39 is 17.4 Å². The van der Waals surface area contributed by atoms with Crippen LogP contribution in [0, 0.1) is 0 Å². The second-order valence-corrected chi connectivity index (χ2v) is 2.86. The summed E-state index contributed by atoms with van der Waals surface area (Å²) in [6.45, 7) is 2.79. The van der Waals surface area contributed by atoms with Crippen LogP contribution in [0.1, 0.15) is 13.8 Å². The van der Waals surface area contributed by atoms with E-state index in [4.69, 9.17) is 0 Å². The van der Waals surface area contributed by atoms with Gasteiger partial charge in [0, 0.05) is 0 Å². The number of halogens is 1. The standard InChI is InChI=1S/C11H9FNO2/c1-3-8(7(2)14)11(15)10-9(12)5-4-6-13-10/h3-5H,1-2H3/q+1/b8-3+. The van der Waals surface area contributed by atoms with E-state index in [2.05, 4.69) is 11.2 Å². The molecule has 76 valence electrons. The van der Waals surface area contributed by atoms with Gasteiger partial charge in [0.2, 0.25) is 0 Å². The zero-order valence-electron chi connectivity index (χ0n) is 8.37. The molecule has 0 radical (unpaired) electrons. The Morgan fingerprint density at radius 2 is 2.20 bits per heavy atom. The van der Waals surface area contributed by atoms with Crippen molar-refractivity contribution in [2.24, 2.45) is 4.99 Å². The van der Waals surface area contributed by atoms with Crippen LogP contribution in [0.2, 0.25) is 0 Å². The van der Waals surface area contributed by atoms with Crippen LogP contribution < -0.4 is 0 Å². The van der Waals surface area contributed by atoms with Gasteiger partial charge in [-0.05, 0) is 13.8 Å². The molecule has 0 fully saturated rings. The summed E-state index contributed by atoms with van der Waals surface area (Å²) in [5.74, 6) is -1.87. The summed E-state index contributed by atoms with van der Waals surface area (Å²) >= 11 is 0. The molecule has 1 aliphatic heterocycles. The number of aliphatic imine (C=N–C) groups is 1. The third-order valence-corrected chi connectivity index (χ3v) is 1.83. The van der Waals surface area contributed by atoms with Gasteiger partial charge in [-0.15, -0.1) is 0 Å². The molecular formula is C11H9FNO2+. The first-order chi connectivity index (χ1) is 7.07. The van der Waals surface area contributed by atoms with Crippen molar-refractivity contribution in [3.63, 3.8) is 0 Å². The van der Waals surface area contributed by atoms with Gasteiger partial charge >= 0.3 is 0 Å². The smallest absolute Gasteiger partial charge is 0.274 e. The third-order valence-electron chi connectivity index (χ3n) is 1.83. The lowest BCUT2D eigenvalue weighted by molar-refractivity contribution is -0.118. The quantitative estimate of drug-likeness (QED) is 0.306. The highest BCUT2D eigenvalue weighted by atomic mass is 19.1. The predicted octanol–water partition coefficient (Wildman–Crippen LogP) is 1.79. The Kier molecular flexibility index (Phi) is 3.37. The van der Waals surface area contributed by atoms with E-state index in [9.17, 15) is 14.0 Å². The Balaban J connectivity index is 3.11. The van der Waals surface area contributed by atoms with Crippen molar-refractivity contribution >= 4 is 17.8 Å². The normalized spacial score (nSPS) is 15.3. The van der Waals surface area contributed by atoms with Crippen molar-refractivity contribution in [2.75, 3.05) is 0 Å². The molecule has 0 atom stereocenters. The Hall–Kier alpha value is -1.93. The van der Waals surface area contributed by atoms with Crippen LogP contribution in [0.25, 0.3) is 0 Å². The molecule has 15 heavy (non-hydrogen) atoms. The highest BCUT2D eigenvalue weighted by Crippen LogP contribution is 2.17. The minimum Gasteiger partial charge on any atom is -0.294 e. The number of Topliss-reactive ketones (excluding diaryl/α,β-unsaturated/α-hetero) is 2. The first-order valence-electron chi connectivity index (χ1n) is 4.32. The first kappa shape index (κ1) is 11.1. The molecule has 0 N–H and O–H groups in total.